The molecular formula is C8H7N3S2. The number of nitrogens with two attached hydrogens (primary N) is 1. The molecule has 0 fully saturated rings. The lowest BCUT2D eigenvalue weighted by atomic mass is 10.3. The summed E-state index contributed by atoms with van der Waals surface area (Å²) in [4.78, 5) is 7.98. The van der Waals surface area contributed by atoms with Gasteiger partial charge in [0.05, 0.1) is 10.6 Å². The monoisotopic (exact) mass is 209 g/mol. The number of anilines is 1. The summed E-state index contributed by atoms with van der Waals surface area (Å²) in [5.74, 6) is 0.451. The standard InChI is InChI=1S/C8H7N3S2/c9-7-4-5(10-8(12)11-7)6-2-1-3-13-6/h1-4H,(H3,9,10,11,12). The van der Waals surface area contributed by atoms with Crippen molar-refractivity contribution in [2.45, 2.75) is 0 Å². The van der Waals surface area contributed by atoms with E-state index < -0.39 is 0 Å². The van der Waals surface area contributed by atoms with Gasteiger partial charge >= 0.3 is 0 Å². The van der Waals surface area contributed by atoms with Crippen LogP contribution in [0, 0.1) is 4.77 Å². The molecule has 2 aromatic rings. The third-order valence-electron chi connectivity index (χ3n) is 1.55. The van der Waals surface area contributed by atoms with Crippen LogP contribution in [0.3, 0.4) is 0 Å². The first kappa shape index (κ1) is 8.40. The number of nitrogen functional groups attached to an aromatic ring is 1. The molecule has 0 saturated heterocycles. The zero-order valence-corrected chi connectivity index (χ0v) is 8.28. The van der Waals surface area contributed by atoms with E-state index in [0.717, 1.165) is 10.6 Å². The first-order valence-electron chi connectivity index (χ1n) is 3.66. The highest BCUT2D eigenvalue weighted by atomic mass is 32.1. The van der Waals surface area contributed by atoms with Crippen molar-refractivity contribution in [3.05, 3.63) is 28.4 Å². The van der Waals surface area contributed by atoms with Gasteiger partial charge in [0.25, 0.3) is 0 Å². The maximum absolute atomic E-state index is 5.57. The van der Waals surface area contributed by atoms with Crippen LogP contribution in [-0.2, 0) is 0 Å². The lowest BCUT2D eigenvalue weighted by molar-refractivity contribution is 1.15. The first-order chi connectivity index (χ1) is 6.25. The molecule has 3 nitrogen and oxygen atoms in total. The predicted octanol–water partition coefficient (Wildman–Crippen LogP) is 2.45. The molecule has 0 amide bonds. The van der Waals surface area contributed by atoms with Crippen LogP contribution < -0.4 is 5.73 Å². The van der Waals surface area contributed by atoms with Crippen molar-refractivity contribution in [1.29, 1.82) is 0 Å². The van der Waals surface area contributed by atoms with E-state index in [-0.39, 0.29) is 0 Å². The molecule has 66 valence electrons. The summed E-state index contributed by atoms with van der Waals surface area (Å²) in [7, 11) is 0. The molecule has 2 rings (SSSR count). The molecule has 0 aliphatic rings. The maximum atomic E-state index is 5.57. The van der Waals surface area contributed by atoms with Crippen molar-refractivity contribution in [2.75, 3.05) is 5.73 Å². The molecule has 0 aliphatic heterocycles. The van der Waals surface area contributed by atoms with Crippen LogP contribution in [0.4, 0.5) is 5.82 Å². The van der Waals surface area contributed by atoms with Gasteiger partial charge in [0.15, 0.2) is 4.77 Å². The Hall–Kier alpha value is -1.20. The van der Waals surface area contributed by atoms with Crippen molar-refractivity contribution in [2.24, 2.45) is 0 Å². The zero-order valence-electron chi connectivity index (χ0n) is 6.65. The molecule has 0 atom stereocenters. The third kappa shape index (κ3) is 1.76. The van der Waals surface area contributed by atoms with Gasteiger partial charge in [-0.2, -0.15) is 0 Å². The highest BCUT2D eigenvalue weighted by molar-refractivity contribution is 7.71. The Kier molecular flexibility index (Phi) is 2.12. The van der Waals surface area contributed by atoms with E-state index in [9.17, 15) is 0 Å². The fourth-order valence-corrected chi connectivity index (χ4v) is 1.95. The Morgan fingerprint density at radius 1 is 1.54 bits per heavy atom. The van der Waals surface area contributed by atoms with Gasteiger partial charge in [-0.05, 0) is 23.7 Å². The summed E-state index contributed by atoms with van der Waals surface area (Å²) >= 11 is 6.55. The van der Waals surface area contributed by atoms with E-state index in [1.54, 1.807) is 17.4 Å². The molecule has 0 saturated carbocycles. The van der Waals surface area contributed by atoms with Crippen molar-refractivity contribution in [3.63, 3.8) is 0 Å². The normalized spacial score (nSPS) is 10.2. The molecule has 0 radical (unpaired) electrons. The fraction of sp³-hybridized carbons (Fsp3) is 0. The molecule has 5 heteroatoms. The predicted molar refractivity (Wildman–Crippen MR) is 57.1 cm³/mol. The number of nitrogens with one attached hydrogen (secondary N) is 1. The number of H-pyrrole nitrogens is 1. The van der Waals surface area contributed by atoms with Crippen molar-refractivity contribution in [1.82, 2.24) is 9.97 Å². The second kappa shape index (κ2) is 3.27. The number of hydrogen-bond acceptors (Lipinski definition) is 4. The summed E-state index contributed by atoms with van der Waals surface area (Å²) in [5, 5.41) is 2.00. The van der Waals surface area contributed by atoms with Gasteiger partial charge in [0.1, 0.15) is 5.82 Å². The van der Waals surface area contributed by atoms with Gasteiger partial charge in [-0.3, -0.25) is 0 Å². The number of thiophene rings is 1. The van der Waals surface area contributed by atoms with E-state index in [4.69, 9.17) is 18.0 Å². The third-order valence-corrected chi connectivity index (χ3v) is 2.65. The van der Waals surface area contributed by atoms with Gasteiger partial charge in [-0.25, -0.2) is 4.98 Å². The number of aromatic amines is 1. The number of aromatic nitrogens is 2. The molecule has 0 bridgehead atoms. The van der Waals surface area contributed by atoms with Crippen molar-refractivity contribution < 1.29 is 0 Å². The molecule has 3 N–H and O–H groups in total. The summed E-state index contributed by atoms with van der Waals surface area (Å²) in [6.07, 6.45) is 0. The average molecular weight is 209 g/mol. The highest BCUT2D eigenvalue weighted by Gasteiger charge is 1.99. The second-order valence-electron chi connectivity index (χ2n) is 2.50. The molecule has 0 unspecified atom stereocenters. The second-order valence-corrected chi connectivity index (χ2v) is 3.84. The van der Waals surface area contributed by atoms with Gasteiger partial charge in [-0.15, -0.1) is 11.3 Å². The minimum absolute atomic E-state index is 0.420. The van der Waals surface area contributed by atoms with Crippen LogP contribution >= 0.6 is 23.6 Å². The average Bonchev–Trinajstić information content (AvgIpc) is 2.53. The minimum Gasteiger partial charge on any atom is -0.384 e. The summed E-state index contributed by atoms with van der Waals surface area (Å²) in [6, 6.07) is 5.76. The Bertz CT molecular complexity index is 458. The molecule has 0 spiro atoms. The molecule has 0 aromatic carbocycles. The lowest BCUT2D eigenvalue weighted by Gasteiger charge is -1.98. The van der Waals surface area contributed by atoms with E-state index in [2.05, 4.69) is 9.97 Å². The number of nitrogens with zero attached hydrogens (tertiary/aromatic N) is 1. The van der Waals surface area contributed by atoms with Crippen LogP contribution in [0.15, 0.2) is 23.6 Å². The Balaban J connectivity index is 2.59. The highest BCUT2D eigenvalue weighted by Crippen LogP contribution is 2.22. The molecule has 13 heavy (non-hydrogen) atoms. The van der Waals surface area contributed by atoms with E-state index in [0.29, 0.717) is 10.6 Å². The van der Waals surface area contributed by atoms with Crippen LogP contribution in [0.5, 0.6) is 0 Å². The van der Waals surface area contributed by atoms with Gasteiger partial charge < -0.3 is 10.7 Å². The fourth-order valence-electron chi connectivity index (χ4n) is 1.04. The largest absolute Gasteiger partial charge is 0.384 e. The van der Waals surface area contributed by atoms with Crippen LogP contribution in [0.25, 0.3) is 10.6 Å². The molecule has 0 aliphatic carbocycles. The van der Waals surface area contributed by atoms with Crippen LogP contribution in [0.2, 0.25) is 0 Å². The van der Waals surface area contributed by atoms with Crippen molar-refractivity contribution in [3.8, 4) is 10.6 Å². The molecular weight excluding hydrogens is 202 g/mol. The van der Waals surface area contributed by atoms with E-state index in [1.165, 1.54) is 0 Å². The Morgan fingerprint density at radius 3 is 3.00 bits per heavy atom. The SMILES string of the molecule is Nc1cc(-c2cccs2)[nH]c(=S)n1. The molecule has 2 heterocycles. The number of rotatable bonds is 1. The van der Waals surface area contributed by atoms with Crippen LogP contribution in [-0.4, -0.2) is 9.97 Å². The summed E-state index contributed by atoms with van der Waals surface area (Å²) in [6.45, 7) is 0. The lowest BCUT2D eigenvalue weighted by Crippen LogP contribution is -1.93. The topological polar surface area (TPSA) is 54.7 Å². The Labute approximate surface area is 84.3 Å². The van der Waals surface area contributed by atoms with Gasteiger partial charge in [-0.1, -0.05) is 6.07 Å². The van der Waals surface area contributed by atoms with Gasteiger partial charge in [0.2, 0.25) is 0 Å². The first-order valence-corrected chi connectivity index (χ1v) is 4.95. The quantitative estimate of drug-likeness (QED) is 0.709. The number of hydrogen-bond donors (Lipinski definition) is 2. The smallest absolute Gasteiger partial charge is 0.199 e. The van der Waals surface area contributed by atoms with Gasteiger partial charge in [0, 0.05) is 6.07 Å². The van der Waals surface area contributed by atoms with Crippen molar-refractivity contribution >= 4 is 29.4 Å². The zero-order chi connectivity index (χ0) is 9.26. The Morgan fingerprint density at radius 2 is 2.38 bits per heavy atom. The molecule has 2 aromatic heterocycles. The van der Waals surface area contributed by atoms with E-state index >= 15 is 0 Å². The van der Waals surface area contributed by atoms with Crippen LogP contribution in [0.1, 0.15) is 0 Å². The maximum Gasteiger partial charge on any atom is 0.199 e. The summed E-state index contributed by atoms with van der Waals surface area (Å²) in [5.41, 5.74) is 6.50. The van der Waals surface area contributed by atoms with E-state index in [1.807, 2.05) is 17.5 Å². The minimum atomic E-state index is 0.420. The summed E-state index contributed by atoms with van der Waals surface area (Å²) < 4.78 is 0.420.